The van der Waals surface area contributed by atoms with Crippen LogP contribution in [0.5, 0.6) is 0 Å². The number of benzene rings is 1. The smallest absolute Gasteiger partial charge is 0.0485 e. The van der Waals surface area contributed by atoms with Crippen LogP contribution in [0.15, 0.2) is 24.3 Å². The molecule has 1 aromatic carbocycles. The van der Waals surface area contributed by atoms with Gasteiger partial charge in [0, 0.05) is 22.3 Å². The number of hydrogen-bond acceptors (Lipinski definition) is 1. The maximum atomic E-state index is 11.8. The highest BCUT2D eigenvalue weighted by atomic mass is 32.2. The molecule has 1 nitrogen and oxygen atoms in total. The third kappa shape index (κ3) is 3.44. The highest BCUT2D eigenvalue weighted by Crippen LogP contribution is 2.30. The van der Waals surface area contributed by atoms with Gasteiger partial charge in [-0.1, -0.05) is 38.1 Å². The molecule has 1 aromatic rings. The van der Waals surface area contributed by atoms with E-state index in [1.165, 1.54) is 24.0 Å². The van der Waals surface area contributed by atoms with E-state index in [0.29, 0.717) is 5.92 Å². The number of rotatable bonds is 5. The minimum atomic E-state index is -0.656. The standard InChI is InChI=1S/C14H20OS/c1-11(2)14-7-5-13(6-8-14)10-16(15)9-12-3-4-12/h5-8,11-12H,3-4,9-10H2,1-2H3. The molecule has 0 aliphatic heterocycles. The second kappa shape index (κ2) is 5.13. The Hall–Kier alpha value is -0.630. The Balaban J connectivity index is 1.90. The van der Waals surface area contributed by atoms with Gasteiger partial charge in [-0.3, -0.25) is 4.21 Å². The lowest BCUT2D eigenvalue weighted by atomic mass is 10.0. The fourth-order valence-corrected chi connectivity index (χ4v) is 3.33. The molecule has 0 spiro atoms. The second-order valence-electron chi connectivity index (χ2n) is 5.09. The Labute approximate surface area is 101 Å². The molecule has 1 aliphatic carbocycles. The molecule has 88 valence electrons. The average molecular weight is 236 g/mol. The average Bonchev–Trinajstić information content (AvgIpc) is 3.02. The van der Waals surface area contributed by atoms with E-state index in [9.17, 15) is 4.21 Å². The van der Waals surface area contributed by atoms with Crippen LogP contribution in [0.2, 0.25) is 0 Å². The summed E-state index contributed by atoms with van der Waals surface area (Å²) in [5.74, 6) is 2.97. The van der Waals surface area contributed by atoms with Crippen molar-refractivity contribution in [1.82, 2.24) is 0 Å². The van der Waals surface area contributed by atoms with Gasteiger partial charge in [0.2, 0.25) is 0 Å². The van der Waals surface area contributed by atoms with Crippen LogP contribution in [-0.4, -0.2) is 9.96 Å². The van der Waals surface area contributed by atoms with Crippen molar-refractivity contribution in [3.8, 4) is 0 Å². The van der Waals surface area contributed by atoms with E-state index in [0.717, 1.165) is 17.4 Å². The lowest BCUT2D eigenvalue weighted by Gasteiger charge is -2.06. The van der Waals surface area contributed by atoms with Gasteiger partial charge in [-0.25, -0.2) is 0 Å². The maximum Gasteiger partial charge on any atom is 0.0485 e. The van der Waals surface area contributed by atoms with Gasteiger partial charge >= 0.3 is 0 Å². The summed E-state index contributed by atoms with van der Waals surface area (Å²) in [6, 6.07) is 8.57. The highest BCUT2D eigenvalue weighted by molar-refractivity contribution is 7.84. The first-order valence-corrected chi connectivity index (χ1v) is 7.58. The molecule has 1 atom stereocenters. The minimum Gasteiger partial charge on any atom is -0.259 e. The van der Waals surface area contributed by atoms with Crippen molar-refractivity contribution >= 4 is 10.8 Å². The number of hydrogen-bond donors (Lipinski definition) is 0. The summed E-state index contributed by atoms with van der Waals surface area (Å²) in [6.45, 7) is 4.39. The SMILES string of the molecule is CC(C)c1ccc(CS(=O)CC2CC2)cc1. The first-order valence-electron chi connectivity index (χ1n) is 6.09. The monoisotopic (exact) mass is 236 g/mol. The van der Waals surface area contributed by atoms with Crippen LogP contribution in [0.1, 0.15) is 43.7 Å². The quantitative estimate of drug-likeness (QED) is 0.765. The predicted octanol–water partition coefficient (Wildman–Crippen LogP) is 3.47. The van der Waals surface area contributed by atoms with E-state index in [1.807, 2.05) is 0 Å². The fourth-order valence-electron chi connectivity index (χ4n) is 1.79. The zero-order valence-corrected chi connectivity index (χ0v) is 10.9. The van der Waals surface area contributed by atoms with Crippen LogP contribution in [-0.2, 0) is 16.6 Å². The van der Waals surface area contributed by atoms with Crippen molar-refractivity contribution in [2.45, 2.75) is 38.4 Å². The van der Waals surface area contributed by atoms with E-state index >= 15 is 0 Å². The molecule has 2 rings (SSSR count). The summed E-state index contributed by atoms with van der Waals surface area (Å²) >= 11 is 0. The molecule has 0 bridgehead atoms. The first kappa shape index (κ1) is 11.8. The molecule has 1 fully saturated rings. The Morgan fingerprint density at radius 2 is 1.88 bits per heavy atom. The molecule has 1 aliphatic rings. The van der Waals surface area contributed by atoms with Gasteiger partial charge in [0.05, 0.1) is 0 Å². The van der Waals surface area contributed by atoms with Crippen LogP contribution in [0.4, 0.5) is 0 Å². The maximum absolute atomic E-state index is 11.8. The molecule has 0 N–H and O–H groups in total. The summed E-state index contributed by atoms with van der Waals surface area (Å²) in [5.41, 5.74) is 2.57. The first-order chi connectivity index (χ1) is 7.65. The van der Waals surface area contributed by atoms with Crippen LogP contribution >= 0.6 is 0 Å². The Morgan fingerprint density at radius 1 is 1.25 bits per heavy atom. The Kier molecular flexibility index (Phi) is 3.80. The van der Waals surface area contributed by atoms with E-state index in [2.05, 4.69) is 38.1 Å². The topological polar surface area (TPSA) is 17.1 Å². The van der Waals surface area contributed by atoms with Crippen molar-refractivity contribution in [2.75, 3.05) is 5.75 Å². The van der Waals surface area contributed by atoms with E-state index in [1.54, 1.807) is 0 Å². The summed E-state index contributed by atoms with van der Waals surface area (Å²) in [6.07, 6.45) is 2.58. The van der Waals surface area contributed by atoms with Gasteiger partial charge in [0.25, 0.3) is 0 Å². The predicted molar refractivity (Wildman–Crippen MR) is 70.0 cm³/mol. The van der Waals surface area contributed by atoms with Crippen molar-refractivity contribution in [1.29, 1.82) is 0 Å². The molecule has 0 aromatic heterocycles. The fraction of sp³-hybridized carbons (Fsp3) is 0.571. The molecular formula is C14H20OS. The van der Waals surface area contributed by atoms with Gasteiger partial charge in [0.15, 0.2) is 0 Å². The van der Waals surface area contributed by atoms with Crippen molar-refractivity contribution in [3.63, 3.8) is 0 Å². The Bertz CT molecular complexity index is 363. The van der Waals surface area contributed by atoms with Crippen molar-refractivity contribution in [2.24, 2.45) is 5.92 Å². The van der Waals surface area contributed by atoms with Gasteiger partial charge in [-0.15, -0.1) is 0 Å². The summed E-state index contributed by atoms with van der Waals surface area (Å²) in [5, 5.41) is 0. The van der Waals surface area contributed by atoms with Gasteiger partial charge in [-0.2, -0.15) is 0 Å². The molecule has 0 radical (unpaired) electrons. The molecule has 2 heteroatoms. The third-order valence-electron chi connectivity index (χ3n) is 3.09. The van der Waals surface area contributed by atoms with Crippen LogP contribution in [0.3, 0.4) is 0 Å². The lowest BCUT2D eigenvalue weighted by Crippen LogP contribution is -2.02. The highest BCUT2D eigenvalue weighted by Gasteiger charge is 2.23. The molecule has 1 saturated carbocycles. The van der Waals surface area contributed by atoms with Gasteiger partial charge in [0.1, 0.15) is 0 Å². The zero-order chi connectivity index (χ0) is 11.5. The summed E-state index contributed by atoms with van der Waals surface area (Å²) in [7, 11) is -0.656. The van der Waals surface area contributed by atoms with Gasteiger partial charge < -0.3 is 0 Å². The normalized spacial score (nSPS) is 17.7. The third-order valence-corrected chi connectivity index (χ3v) is 4.59. The van der Waals surface area contributed by atoms with Crippen LogP contribution in [0, 0.1) is 5.92 Å². The molecule has 0 heterocycles. The van der Waals surface area contributed by atoms with Crippen molar-refractivity contribution in [3.05, 3.63) is 35.4 Å². The molecule has 0 amide bonds. The zero-order valence-electron chi connectivity index (χ0n) is 10.1. The van der Waals surface area contributed by atoms with E-state index in [4.69, 9.17) is 0 Å². The molecule has 0 saturated heterocycles. The summed E-state index contributed by atoms with van der Waals surface area (Å²) in [4.78, 5) is 0. The van der Waals surface area contributed by atoms with Crippen molar-refractivity contribution < 1.29 is 4.21 Å². The van der Waals surface area contributed by atoms with Crippen LogP contribution < -0.4 is 0 Å². The summed E-state index contributed by atoms with van der Waals surface area (Å²) < 4.78 is 11.8. The molecule has 16 heavy (non-hydrogen) atoms. The van der Waals surface area contributed by atoms with Gasteiger partial charge in [-0.05, 0) is 35.8 Å². The lowest BCUT2D eigenvalue weighted by molar-refractivity contribution is 0.679. The van der Waals surface area contributed by atoms with Crippen LogP contribution in [0.25, 0.3) is 0 Å². The molecule has 1 unspecified atom stereocenters. The Morgan fingerprint density at radius 3 is 2.38 bits per heavy atom. The minimum absolute atomic E-state index is 0.575. The van der Waals surface area contributed by atoms with E-state index < -0.39 is 10.8 Å². The largest absolute Gasteiger partial charge is 0.259 e. The molecular weight excluding hydrogens is 216 g/mol. The second-order valence-corrected chi connectivity index (χ2v) is 6.59. The van der Waals surface area contributed by atoms with E-state index in [-0.39, 0.29) is 0 Å².